The van der Waals surface area contributed by atoms with Gasteiger partial charge in [0.25, 0.3) is 11.7 Å². The molecule has 0 aliphatic carbocycles. The molecule has 2 aromatic heterocycles. The minimum atomic E-state index is -4.59. The van der Waals surface area contributed by atoms with Gasteiger partial charge in [0.2, 0.25) is 0 Å². The van der Waals surface area contributed by atoms with E-state index in [-0.39, 0.29) is 23.5 Å². The maximum absolute atomic E-state index is 13.3. The molecule has 7 nitrogen and oxygen atoms in total. The number of aromatic nitrogens is 4. The van der Waals surface area contributed by atoms with Gasteiger partial charge in [-0.2, -0.15) is 27.8 Å². The number of amides is 1. The number of alkyl halides is 3. The Balaban J connectivity index is 1.61. The van der Waals surface area contributed by atoms with Gasteiger partial charge in [0.15, 0.2) is 5.69 Å². The second-order valence-electron chi connectivity index (χ2n) is 6.89. The topological polar surface area (TPSA) is 75.4 Å². The summed E-state index contributed by atoms with van der Waals surface area (Å²) in [6, 6.07) is 9.64. The molecule has 0 bridgehead atoms. The Bertz CT molecular complexity index is 1000. The summed E-state index contributed by atoms with van der Waals surface area (Å²) < 4.78 is 41.2. The van der Waals surface area contributed by atoms with E-state index in [9.17, 15) is 18.0 Å². The first kappa shape index (κ1) is 19.2. The number of hydrogen-bond donors (Lipinski definition) is 1. The van der Waals surface area contributed by atoms with Crippen molar-refractivity contribution in [3.8, 4) is 0 Å². The smallest absolute Gasteiger partial charge is 0.352 e. The number of halogens is 3. The van der Waals surface area contributed by atoms with Crippen LogP contribution in [0.25, 0.3) is 5.78 Å². The number of rotatable bonds is 4. The molecule has 4 rings (SSSR count). The third-order valence-electron chi connectivity index (χ3n) is 4.98. The monoisotopic (exact) mass is 404 g/mol. The molecule has 29 heavy (non-hydrogen) atoms. The van der Waals surface area contributed by atoms with E-state index in [0.717, 1.165) is 25.3 Å². The summed E-state index contributed by atoms with van der Waals surface area (Å²) in [6.45, 7) is 0.871. The number of anilines is 1. The number of fused-ring (bicyclic) bond motifs is 1. The molecule has 3 heterocycles. The fraction of sp³-hybridized carbons (Fsp3) is 0.368. The zero-order chi connectivity index (χ0) is 20.4. The molecule has 3 aromatic rings. The Morgan fingerprint density at radius 3 is 2.76 bits per heavy atom. The predicted molar refractivity (Wildman–Crippen MR) is 99.5 cm³/mol. The van der Waals surface area contributed by atoms with Crippen molar-refractivity contribution in [1.29, 1.82) is 0 Å². The number of piperidine rings is 1. The molecule has 1 aliphatic heterocycles. The van der Waals surface area contributed by atoms with Crippen molar-refractivity contribution in [1.82, 2.24) is 24.9 Å². The lowest BCUT2D eigenvalue weighted by molar-refractivity contribution is -0.141. The number of nitrogens with zero attached hydrogens (tertiary/aromatic N) is 5. The highest BCUT2D eigenvalue weighted by molar-refractivity contribution is 5.94. The standard InChI is InChI=1S/C19H19F3N6O/c20-19(21,22)15-10-16(28-18(26-15)24-12-25-28)27-9-5-4-8-14(27)11-23-17(29)13-6-2-1-3-7-13/h1-3,6-7,10,12,14H,4-5,8-9,11H2,(H,23,29). The first-order valence-electron chi connectivity index (χ1n) is 9.31. The minimum absolute atomic E-state index is 0.104. The van der Waals surface area contributed by atoms with Gasteiger partial charge in [-0.15, -0.1) is 0 Å². The van der Waals surface area contributed by atoms with Gasteiger partial charge < -0.3 is 10.2 Å². The summed E-state index contributed by atoms with van der Waals surface area (Å²) in [5.74, 6) is -0.0429. The van der Waals surface area contributed by atoms with E-state index in [4.69, 9.17) is 0 Å². The van der Waals surface area contributed by atoms with Crippen LogP contribution in [0.4, 0.5) is 19.0 Å². The molecule has 1 unspecified atom stereocenters. The molecule has 1 amide bonds. The third-order valence-corrected chi connectivity index (χ3v) is 4.98. The van der Waals surface area contributed by atoms with Crippen LogP contribution >= 0.6 is 0 Å². The molecule has 1 atom stereocenters. The van der Waals surface area contributed by atoms with Crippen LogP contribution in [0.5, 0.6) is 0 Å². The lowest BCUT2D eigenvalue weighted by atomic mass is 10.0. The van der Waals surface area contributed by atoms with E-state index in [1.165, 1.54) is 10.8 Å². The largest absolute Gasteiger partial charge is 0.433 e. The van der Waals surface area contributed by atoms with Crippen LogP contribution in [0, 0.1) is 0 Å². The highest BCUT2D eigenvalue weighted by Crippen LogP contribution is 2.32. The van der Waals surface area contributed by atoms with Gasteiger partial charge in [0.1, 0.15) is 12.1 Å². The fourth-order valence-corrected chi connectivity index (χ4v) is 3.56. The fourth-order valence-electron chi connectivity index (χ4n) is 3.56. The number of hydrogen-bond acceptors (Lipinski definition) is 5. The van der Waals surface area contributed by atoms with Crippen LogP contribution in [0.1, 0.15) is 35.3 Å². The molecule has 1 fully saturated rings. The van der Waals surface area contributed by atoms with Crippen molar-refractivity contribution < 1.29 is 18.0 Å². The van der Waals surface area contributed by atoms with Crippen molar-refractivity contribution >= 4 is 17.5 Å². The van der Waals surface area contributed by atoms with Gasteiger partial charge in [-0.25, -0.2) is 4.98 Å². The van der Waals surface area contributed by atoms with E-state index in [2.05, 4.69) is 20.4 Å². The molecule has 1 saturated heterocycles. The van der Waals surface area contributed by atoms with Crippen LogP contribution in [0.3, 0.4) is 0 Å². The van der Waals surface area contributed by atoms with Gasteiger partial charge in [0.05, 0.1) is 0 Å². The number of benzene rings is 1. The van der Waals surface area contributed by atoms with E-state index in [0.29, 0.717) is 18.7 Å². The maximum Gasteiger partial charge on any atom is 0.433 e. The Morgan fingerprint density at radius 1 is 1.21 bits per heavy atom. The van der Waals surface area contributed by atoms with E-state index in [1.54, 1.807) is 24.3 Å². The van der Waals surface area contributed by atoms with Crippen molar-refractivity contribution in [2.24, 2.45) is 0 Å². The molecular weight excluding hydrogens is 385 g/mol. The van der Waals surface area contributed by atoms with Crippen molar-refractivity contribution in [2.75, 3.05) is 18.0 Å². The molecule has 0 spiro atoms. The first-order valence-corrected chi connectivity index (χ1v) is 9.31. The Morgan fingerprint density at radius 2 is 2.00 bits per heavy atom. The lowest BCUT2D eigenvalue weighted by Crippen LogP contribution is -2.47. The summed E-state index contributed by atoms with van der Waals surface area (Å²) in [6.07, 6.45) is -0.893. The molecule has 1 aromatic carbocycles. The van der Waals surface area contributed by atoms with Crippen molar-refractivity contribution in [2.45, 2.75) is 31.5 Å². The molecule has 10 heteroatoms. The highest BCUT2D eigenvalue weighted by atomic mass is 19.4. The number of carbonyl (C=O) groups excluding carboxylic acids is 1. The quantitative estimate of drug-likeness (QED) is 0.724. The number of nitrogens with one attached hydrogen (secondary N) is 1. The summed E-state index contributed by atoms with van der Waals surface area (Å²) >= 11 is 0. The molecule has 1 N–H and O–H groups in total. The third kappa shape index (κ3) is 4.01. The molecule has 152 valence electrons. The zero-order valence-corrected chi connectivity index (χ0v) is 15.4. The van der Waals surface area contributed by atoms with Gasteiger partial charge >= 0.3 is 6.18 Å². The summed E-state index contributed by atoms with van der Waals surface area (Å²) in [5.41, 5.74) is -0.470. The van der Waals surface area contributed by atoms with Gasteiger partial charge in [-0.05, 0) is 31.4 Å². The van der Waals surface area contributed by atoms with E-state index < -0.39 is 11.9 Å². The Kier molecular flexibility index (Phi) is 5.08. The molecule has 1 aliphatic rings. The first-order chi connectivity index (χ1) is 13.9. The van der Waals surface area contributed by atoms with E-state index >= 15 is 0 Å². The van der Waals surface area contributed by atoms with Crippen LogP contribution in [0.15, 0.2) is 42.7 Å². The predicted octanol–water partition coefficient (Wildman–Crippen LogP) is 2.93. The Labute approximate surface area is 164 Å². The van der Waals surface area contributed by atoms with E-state index in [1.807, 2.05) is 11.0 Å². The van der Waals surface area contributed by atoms with Crippen molar-refractivity contribution in [3.63, 3.8) is 0 Å². The van der Waals surface area contributed by atoms with Crippen LogP contribution < -0.4 is 10.2 Å². The maximum atomic E-state index is 13.3. The zero-order valence-electron chi connectivity index (χ0n) is 15.4. The second-order valence-corrected chi connectivity index (χ2v) is 6.89. The minimum Gasteiger partial charge on any atom is -0.352 e. The van der Waals surface area contributed by atoms with Gasteiger partial charge in [-0.3, -0.25) is 4.79 Å². The normalized spacial score (nSPS) is 17.5. The average molecular weight is 404 g/mol. The molecular formula is C19H19F3N6O. The van der Waals surface area contributed by atoms with Crippen LogP contribution in [-0.4, -0.2) is 44.6 Å². The summed E-state index contributed by atoms with van der Waals surface area (Å²) in [5, 5.41) is 6.93. The average Bonchev–Trinajstić information content (AvgIpc) is 3.20. The summed E-state index contributed by atoms with van der Waals surface area (Å²) in [4.78, 5) is 21.6. The second kappa shape index (κ2) is 7.69. The molecule has 0 radical (unpaired) electrons. The van der Waals surface area contributed by atoms with Gasteiger partial charge in [0, 0.05) is 30.8 Å². The van der Waals surface area contributed by atoms with Crippen LogP contribution in [0.2, 0.25) is 0 Å². The SMILES string of the molecule is O=C(NCC1CCCCN1c1cc(C(F)(F)F)nc2ncnn12)c1ccccc1. The lowest BCUT2D eigenvalue weighted by Gasteiger charge is -2.37. The summed E-state index contributed by atoms with van der Waals surface area (Å²) in [7, 11) is 0. The number of carbonyl (C=O) groups is 1. The van der Waals surface area contributed by atoms with Crippen molar-refractivity contribution in [3.05, 3.63) is 54.0 Å². The van der Waals surface area contributed by atoms with Crippen LogP contribution in [-0.2, 0) is 6.18 Å². The highest BCUT2D eigenvalue weighted by Gasteiger charge is 2.35. The Hall–Kier alpha value is -3.17. The molecule has 0 saturated carbocycles. The van der Waals surface area contributed by atoms with Gasteiger partial charge in [-0.1, -0.05) is 18.2 Å².